The Morgan fingerprint density at radius 1 is 1.30 bits per heavy atom. The van der Waals surface area contributed by atoms with E-state index in [-0.39, 0.29) is 5.75 Å². The van der Waals surface area contributed by atoms with Crippen molar-refractivity contribution in [1.29, 1.82) is 5.26 Å². The molecule has 0 radical (unpaired) electrons. The molecule has 0 aromatic carbocycles. The number of hydrogen-bond donors (Lipinski definition) is 1. The fourth-order valence-electron chi connectivity index (χ4n) is 3.17. The van der Waals surface area contributed by atoms with Crippen LogP contribution in [-0.2, 0) is 22.4 Å². The van der Waals surface area contributed by atoms with Gasteiger partial charge in [-0.15, -0.1) is 11.8 Å². The molecule has 6 nitrogen and oxygen atoms in total. The maximum absolute atomic E-state index is 10.9. The number of rotatable bonds is 4. The fourth-order valence-corrected chi connectivity index (χ4v) is 4.07. The molecule has 3 rings (SSSR count). The number of hydrogen-bond acceptors (Lipinski definition) is 6. The van der Waals surface area contributed by atoms with Crippen LogP contribution >= 0.6 is 11.8 Å². The van der Waals surface area contributed by atoms with Gasteiger partial charge in [0.25, 0.3) is 0 Å². The second-order valence-corrected chi connectivity index (χ2v) is 6.66. The number of pyridine rings is 1. The SMILES string of the molecule is N#Cc1nc(N2CCOCC2)c2c(c1SCC(=O)O)CCCC2. The summed E-state index contributed by atoms with van der Waals surface area (Å²) in [5, 5.41) is 18.4. The van der Waals surface area contributed by atoms with E-state index in [1.165, 1.54) is 17.3 Å². The maximum Gasteiger partial charge on any atom is 0.313 e. The van der Waals surface area contributed by atoms with Gasteiger partial charge in [0.15, 0.2) is 5.69 Å². The summed E-state index contributed by atoms with van der Waals surface area (Å²) in [7, 11) is 0. The van der Waals surface area contributed by atoms with E-state index in [0.29, 0.717) is 18.9 Å². The zero-order valence-corrected chi connectivity index (χ0v) is 13.7. The van der Waals surface area contributed by atoms with Crippen LogP contribution in [0.1, 0.15) is 29.7 Å². The average molecular weight is 333 g/mol. The van der Waals surface area contributed by atoms with Crippen molar-refractivity contribution in [3.8, 4) is 6.07 Å². The molecule has 23 heavy (non-hydrogen) atoms. The van der Waals surface area contributed by atoms with Gasteiger partial charge < -0.3 is 14.7 Å². The second-order valence-electron chi connectivity index (χ2n) is 5.67. The molecule has 2 aliphatic rings. The van der Waals surface area contributed by atoms with Gasteiger partial charge in [0.1, 0.15) is 11.9 Å². The number of anilines is 1. The van der Waals surface area contributed by atoms with Gasteiger partial charge in [0.05, 0.1) is 19.0 Å². The highest BCUT2D eigenvalue weighted by molar-refractivity contribution is 8.00. The first-order valence-corrected chi connectivity index (χ1v) is 8.82. The van der Waals surface area contributed by atoms with Crippen molar-refractivity contribution in [3.63, 3.8) is 0 Å². The topological polar surface area (TPSA) is 86.5 Å². The lowest BCUT2D eigenvalue weighted by atomic mass is 9.91. The minimum atomic E-state index is -0.874. The van der Waals surface area contributed by atoms with E-state index in [9.17, 15) is 10.1 Å². The first-order valence-electron chi connectivity index (χ1n) is 7.84. The molecule has 0 atom stereocenters. The number of carboxylic acid groups (broad SMARTS) is 1. The van der Waals surface area contributed by atoms with Crippen molar-refractivity contribution in [2.75, 3.05) is 37.0 Å². The molecular weight excluding hydrogens is 314 g/mol. The minimum Gasteiger partial charge on any atom is -0.481 e. The summed E-state index contributed by atoms with van der Waals surface area (Å²) in [6, 6.07) is 2.17. The van der Waals surface area contributed by atoms with Gasteiger partial charge in [-0.1, -0.05) is 0 Å². The van der Waals surface area contributed by atoms with Crippen molar-refractivity contribution in [2.24, 2.45) is 0 Å². The summed E-state index contributed by atoms with van der Waals surface area (Å²) >= 11 is 1.22. The molecule has 1 saturated heterocycles. The van der Waals surface area contributed by atoms with Crippen LogP contribution in [-0.4, -0.2) is 48.1 Å². The van der Waals surface area contributed by atoms with E-state index in [1.54, 1.807) is 0 Å². The molecule has 1 aromatic heterocycles. The molecule has 1 fully saturated rings. The molecule has 0 amide bonds. The van der Waals surface area contributed by atoms with Crippen LogP contribution in [0, 0.1) is 11.3 Å². The highest BCUT2D eigenvalue weighted by Gasteiger charge is 2.26. The predicted molar refractivity (Wildman–Crippen MR) is 87.0 cm³/mol. The Morgan fingerprint density at radius 2 is 2.00 bits per heavy atom. The molecule has 0 saturated carbocycles. The summed E-state index contributed by atoms with van der Waals surface area (Å²) in [5.74, 6) is -0.0143. The molecule has 122 valence electrons. The van der Waals surface area contributed by atoms with Gasteiger partial charge in [-0.25, -0.2) is 4.98 Å². The maximum atomic E-state index is 10.9. The number of carboxylic acids is 1. The average Bonchev–Trinajstić information content (AvgIpc) is 2.59. The zero-order chi connectivity index (χ0) is 16.2. The van der Waals surface area contributed by atoms with E-state index >= 15 is 0 Å². The summed E-state index contributed by atoms with van der Waals surface area (Å²) in [6.07, 6.45) is 4.03. The Morgan fingerprint density at radius 3 is 2.65 bits per heavy atom. The second kappa shape index (κ2) is 7.20. The van der Waals surface area contributed by atoms with Gasteiger partial charge in [-0.3, -0.25) is 4.79 Å². The molecule has 0 spiro atoms. The summed E-state index contributed by atoms with van der Waals surface area (Å²) in [5.41, 5.74) is 2.69. The highest BCUT2D eigenvalue weighted by Crippen LogP contribution is 2.37. The monoisotopic (exact) mass is 333 g/mol. The van der Waals surface area contributed by atoms with E-state index in [1.807, 2.05) is 0 Å². The van der Waals surface area contributed by atoms with E-state index < -0.39 is 5.97 Å². The Hall–Kier alpha value is -1.78. The Kier molecular flexibility index (Phi) is 5.03. The molecule has 7 heteroatoms. The largest absolute Gasteiger partial charge is 0.481 e. The van der Waals surface area contributed by atoms with Gasteiger partial charge >= 0.3 is 5.97 Å². The lowest BCUT2D eigenvalue weighted by Gasteiger charge is -2.32. The number of thioether (sulfide) groups is 1. The summed E-state index contributed by atoms with van der Waals surface area (Å²) < 4.78 is 5.41. The van der Waals surface area contributed by atoms with Crippen molar-refractivity contribution < 1.29 is 14.6 Å². The molecule has 1 N–H and O–H groups in total. The smallest absolute Gasteiger partial charge is 0.313 e. The van der Waals surface area contributed by atoms with E-state index in [2.05, 4.69) is 16.0 Å². The number of nitriles is 1. The molecule has 2 heterocycles. The van der Waals surface area contributed by atoms with Crippen molar-refractivity contribution in [2.45, 2.75) is 30.6 Å². The first-order chi connectivity index (χ1) is 11.2. The quantitative estimate of drug-likeness (QED) is 0.841. The number of nitrogens with zero attached hydrogens (tertiary/aromatic N) is 3. The molecule has 1 aromatic rings. The third kappa shape index (κ3) is 3.43. The number of fused-ring (bicyclic) bond motifs is 1. The van der Waals surface area contributed by atoms with Crippen LogP contribution in [0.5, 0.6) is 0 Å². The van der Waals surface area contributed by atoms with Crippen molar-refractivity contribution >= 4 is 23.5 Å². The van der Waals surface area contributed by atoms with Gasteiger partial charge in [-0.2, -0.15) is 5.26 Å². The fraction of sp³-hybridized carbons (Fsp3) is 0.562. The minimum absolute atomic E-state index is 0.0420. The Balaban J connectivity index is 2.04. The lowest BCUT2D eigenvalue weighted by Crippen LogP contribution is -2.38. The lowest BCUT2D eigenvalue weighted by molar-refractivity contribution is -0.133. The molecule has 0 unspecified atom stereocenters. The summed E-state index contributed by atoms with van der Waals surface area (Å²) in [6.45, 7) is 2.92. The number of carbonyl (C=O) groups is 1. The highest BCUT2D eigenvalue weighted by atomic mass is 32.2. The molecule has 1 aliphatic carbocycles. The number of morpholine rings is 1. The first kappa shape index (κ1) is 16.1. The van der Waals surface area contributed by atoms with Crippen LogP contribution < -0.4 is 4.90 Å². The molecule has 1 aliphatic heterocycles. The number of aromatic nitrogens is 1. The summed E-state index contributed by atoms with van der Waals surface area (Å²) in [4.78, 5) is 18.5. The zero-order valence-electron chi connectivity index (χ0n) is 12.9. The molecule has 0 bridgehead atoms. The third-order valence-corrected chi connectivity index (χ3v) is 5.32. The number of ether oxygens (including phenoxy) is 1. The Bertz CT molecular complexity index is 651. The van der Waals surface area contributed by atoms with Gasteiger partial charge in [0, 0.05) is 18.0 Å². The van der Waals surface area contributed by atoms with Gasteiger partial charge in [-0.05, 0) is 36.8 Å². The van der Waals surface area contributed by atoms with E-state index in [0.717, 1.165) is 55.0 Å². The number of aliphatic carboxylic acids is 1. The third-order valence-electron chi connectivity index (χ3n) is 4.20. The van der Waals surface area contributed by atoms with Crippen molar-refractivity contribution in [3.05, 3.63) is 16.8 Å². The van der Waals surface area contributed by atoms with Crippen LogP contribution in [0.4, 0.5) is 5.82 Å². The van der Waals surface area contributed by atoms with Crippen LogP contribution in [0.2, 0.25) is 0 Å². The predicted octanol–water partition coefficient (Wildman–Crippen LogP) is 1.85. The van der Waals surface area contributed by atoms with E-state index in [4.69, 9.17) is 9.84 Å². The molecular formula is C16H19N3O3S. The standard InChI is InChI=1S/C16H19N3O3S/c17-9-13-15(23-10-14(20)21)11-3-1-2-4-12(11)16(18-13)19-5-7-22-8-6-19/h1-8,10H2,(H,20,21). The van der Waals surface area contributed by atoms with Crippen LogP contribution in [0.25, 0.3) is 0 Å². The van der Waals surface area contributed by atoms with Crippen LogP contribution in [0.15, 0.2) is 4.90 Å². The van der Waals surface area contributed by atoms with Crippen LogP contribution in [0.3, 0.4) is 0 Å². The van der Waals surface area contributed by atoms with Crippen molar-refractivity contribution in [1.82, 2.24) is 4.98 Å². The van der Waals surface area contributed by atoms with Gasteiger partial charge in [0.2, 0.25) is 0 Å². The Labute approximate surface area is 139 Å². The normalized spacial score (nSPS) is 17.4.